The molecule has 2 aliphatic rings. The molecule has 0 amide bonds. The highest BCUT2D eigenvalue weighted by Crippen LogP contribution is 2.41. The Morgan fingerprint density at radius 3 is 2.68 bits per heavy atom. The number of aromatic nitrogens is 2. The van der Waals surface area contributed by atoms with Gasteiger partial charge in [0.2, 0.25) is 0 Å². The van der Waals surface area contributed by atoms with Crippen molar-refractivity contribution in [3.63, 3.8) is 0 Å². The van der Waals surface area contributed by atoms with E-state index in [1.54, 1.807) is 0 Å². The summed E-state index contributed by atoms with van der Waals surface area (Å²) in [5, 5.41) is 3.35. The Bertz CT molecular complexity index is 441. The highest BCUT2D eigenvalue weighted by atomic mass is 19.1. The predicted molar refractivity (Wildman–Crippen MR) is 72.8 cm³/mol. The summed E-state index contributed by atoms with van der Waals surface area (Å²) in [6, 6.07) is 0. The number of hydrogen-bond donors (Lipinski definition) is 1. The normalized spacial score (nSPS) is 20.5. The summed E-state index contributed by atoms with van der Waals surface area (Å²) in [5.41, 5.74) is 0.613. The summed E-state index contributed by atoms with van der Waals surface area (Å²) < 4.78 is 14.4. The molecule has 0 bridgehead atoms. The number of anilines is 1. The summed E-state index contributed by atoms with van der Waals surface area (Å²) in [6.45, 7) is 3.01. The molecule has 4 nitrogen and oxygen atoms in total. The Hall–Kier alpha value is -1.23. The molecule has 0 unspecified atom stereocenters. The van der Waals surface area contributed by atoms with Crippen LogP contribution in [-0.2, 0) is 0 Å². The van der Waals surface area contributed by atoms with E-state index in [0.717, 1.165) is 45.3 Å². The quantitative estimate of drug-likeness (QED) is 0.902. The number of halogens is 1. The Morgan fingerprint density at radius 1 is 1.26 bits per heavy atom. The minimum atomic E-state index is -0.207. The molecular formula is C14H21FN4. The number of hydrogen-bond acceptors (Lipinski definition) is 4. The van der Waals surface area contributed by atoms with Gasteiger partial charge in [0.05, 0.1) is 5.69 Å². The van der Waals surface area contributed by atoms with Crippen molar-refractivity contribution in [3.05, 3.63) is 17.8 Å². The third-order valence-corrected chi connectivity index (χ3v) is 4.11. The molecule has 19 heavy (non-hydrogen) atoms. The summed E-state index contributed by atoms with van der Waals surface area (Å²) in [5.74, 6) is 1.22. The van der Waals surface area contributed by atoms with Gasteiger partial charge < -0.3 is 10.2 Å². The van der Waals surface area contributed by atoms with E-state index in [1.807, 2.05) is 11.9 Å². The van der Waals surface area contributed by atoms with Crippen molar-refractivity contribution in [2.45, 2.75) is 31.6 Å². The lowest BCUT2D eigenvalue weighted by molar-refractivity contribution is 0.376. The summed E-state index contributed by atoms with van der Waals surface area (Å²) in [4.78, 5) is 10.2. The minimum Gasteiger partial charge on any atom is -0.357 e. The molecular weight excluding hydrogens is 243 g/mol. The second-order valence-corrected chi connectivity index (χ2v) is 5.74. The maximum absolute atomic E-state index is 14.4. The van der Waals surface area contributed by atoms with Crippen molar-refractivity contribution < 1.29 is 4.39 Å². The summed E-state index contributed by atoms with van der Waals surface area (Å²) >= 11 is 0. The highest BCUT2D eigenvalue weighted by molar-refractivity contribution is 5.41. The van der Waals surface area contributed by atoms with Gasteiger partial charge in [-0.3, -0.25) is 0 Å². The van der Waals surface area contributed by atoms with Crippen LogP contribution in [0, 0.1) is 11.7 Å². The number of nitrogens with one attached hydrogen (secondary N) is 1. The van der Waals surface area contributed by atoms with Crippen LogP contribution in [0.3, 0.4) is 0 Å². The van der Waals surface area contributed by atoms with Gasteiger partial charge >= 0.3 is 0 Å². The Kier molecular flexibility index (Phi) is 3.64. The molecule has 1 saturated carbocycles. The largest absolute Gasteiger partial charge is 0.357 e. The molecule has 1 aliphatic heterocycles. The van der Waals surface area contributed by atoms with Crippen molar-refractivity contribution in [2.75, 3.05) is 31.6 Å². The molecule has 1 aliphatic carbocycles. The van der Waals surface area contributed by atoms with Gasteiger partial charge in [-0.15, -0.1) is 0 Å². The molecule has 3 rings (SSSR count). The second-order valence-electron chi connectivity index (χ2n) is 5.74. The van der Waals surface area contributed by atoms with Crippen LogP contribution in [0.25, 0.3) is 0 Å². The van der Waals surface area contributed by atoms with E-state index in [-0.39, 0.29) is 5.82 Å². The standard InChI is InChI=1S/C14H21FN4/c1-19(8-10-4-6-16-7-5-10)14-12(15)13(11-2-3-11)17-9-18-14/h9-11,16H,2-8H2,1H3. The molecule has 1 saturated heterocycles. The smallest absolute Gasteiger partial charge is 0.187 e. The predicted octanol–water partition coefficient (Wildman–Crippen LogP) is 1.93. The lowest BCUT2D eigenvalue weighted by Crippen LogP contribution is -2.35. The fourth-order valence-corrected chi connectivity index (χ4v) is 2.82. The monoisotopic (exact) mass is 264 g/mol. The van der Waals surface area contributed by atoms with Gasteiger partial charge in [-0.2, -0.15) is 0 Å². The first-order valence-corrected chi connectivity index (χ1v) is 7.18. The van der Waals surface area contributed by atoms with Crippen molar-refractivity contribution >= 4 is 5.82 Å². The zero-order valence-corrected chi connectivity index (χ0v) is 11.4. The van der Waals surface area contributed by atoms with Crippen LogP contribution in [-0.4, -0.2) is 36.6 Å². The Labute approximate surface area is 113 Å². The van der Waals surface area contributed by atoms with E-state index in [2.05, 4.69) is 15.3 Å². The SMILES string of the molecule is CN(CC1CCNCC1)c1ncnc(C2CC2)c1F. The maximum Gasteiger partial charge on any atom is 0.187 e. The van der Waals surface area contributed by atoms with Crippen molar-refractivity contribution in [3.8, 4) is 0 Å². The van der Waals surface area contributed by atoms with E-state index in [4.69, 9.17) is 0 Å². The molecule has 0 radical (unpaired) electrons. The lowest BCUT2D eigenvalue weighted by atomic mass is 9.98. The van der Waals surface area contributed by atoms with Crippen LogP contribution in [0.5, 0.6) is 0 Å². The van der Waals surface area contributed by atoms with Crippen LogP contribution < -0.4 is 10.2 Å². The van der Waals surface area contributed by atoms with E-state index in [1.165, 1.54) is 6.33 Å². The third-order valence-electron chi connectivity index (χ3n) is 4.11. The molecule has 2 heterocycles. The maximum atomic E-state index is 14.4. The first-order valence-electron chi connectivity index (χ1n) is 7.18. The van der Waals surface area contributed by atoms with Crippen LogP contribution in [0.15, 0.2) is 6.33 Å². The van der Waals surface area contributed by atoms with Gasteiger partial charge in [-0.25, -0.2) is 14.4 Å². The third kappa shape index (κ3) is 2.86. The van der Waals surface area contributed by atoms with E-state index in [9.17, 15) is 4.39 Å². The fraction of sp³-hybridized carbons (Fsp3) is 0.714. The number of piperidine rings is 1. The Balaban J connectivity index is 1.71. The first-order chi connectivity index (χ1) is 9.25. The van der Waals surface area contributed by atoms with Crippen LogP contribution in [0.2, 0.25) is 0 Å². The average Bonchev–Trinajstić information content (AvgIpc) is 3.24. The van der Waals surface area contributed by atoms with Gasteiger partial charge in [0.1, 0.15) is 6.33 Å². The van der Waals surface area contributed by atoms with Gasteiger partial charge in [-0.05, 0) is 44.7 Å². The molecule has 0 aromatic carbocycles. The molecule has 0 atom stereocenters. The second kappa shape index (κ2) is 5.41. The zero-order chi connectivity index (χ0) is 13.2. The van der Waals surface area contributed by atoms with E-state index < -0.39 is 0 Å². The molecule has 104 valence electrons. The lowest BCUT2D eigenvalue weighted by Gasteiger charge is -2.28. The molecule has 5 heteroatoms. The molecule has 1 N–H and O–H groups in total. The molecule has 2 fully saturated rings. The number of rotatable bonds is 4. The first kappa shape index (κ1) is 12.8. The van der Waals surface area contributed by atoms with Crippen LogP contribution in [0.1, 0.15) is 37.3 Å². The highest BCUT2D eigenvalue weighted by Gasteiger charge is 2.30. The molecule has 0 spiro atoms. The van der Waals surface area contributed by atoms with Crippen LogP contribution >= 0.6 is 0 Å². The molecule has 1 aromatic heterocycles. The van der Waals surface area contributed by atoms with E-state index in [0.29, 0.717) is 23.3 Å². The molecule has 1 aromatic rings. The topological polar surface area (TPSA) is 41.0 Å². The Morgan fingerprint density at radius 2 is 2.00 bits per heavy atom. The van der Waals surface area contributed by atoms with Crippen molar-refractivity contribution in [1.82, 2.24) is 15.3 Å². The number of nitrogens with zero attached hydrogens (tertiary/aromatic N) is 3. The van der Waals surface area contributed by atoms with Crippen LogP contribution in [0.4, 0.5) is 10.2 Å². The van der Waals surface area contributed by atoms with Gasteiger partial charge in [-0.1, -0.05) is 0 Å². The van der Waals surface area contributed by atoms with Gasteiger partial charge in [0.15, 0.2) is 11.6 Å². The van der Waals surface area contributed by atoms with E-state index >= 15 is 0 Å². The van der Waals surface area contributed by atoms with Crippen molar-refractivity contribution in [1.29, 1.82) is 0 Å². The zero-order valence-electron chi connectivity index (χ0n) is 11.4. The fourth-order valence-electron chi connectivity index (χ4n) is 2.82. The van der Waals surface area contributed by atoms with Gasteiger partial charge in [0.25, 0.3) is 0 Å². The van der Waals surface area contributed by atoms with Crippen molar-refractivity contribution in [2.24, 2.45) is 5.92 Å². The summed E-state index contributed by atoms with van der Waals surface area (Å²) in [7, 11) is 1.93. The average molecular weight is 264 g/mol. The summed E-state index contributed by atoms with van der Waals surface area (Å²) in [6.07, 6.45) is 5.95. The minimum absolute atomic E-state index is 0.207. The van der Waals surface area contributed by atoms with Gasteiger partial charge in [0, 0.05) is 19.5 Å².